The van der Waals surface area contributed by atoms with E-state index in [1.165, 1.54) is 0 Å². The van der Waals surface area contributed by atoms with E-state index in [0.717, 1.165) is 37.2 Å². The summed E-state index contributed by atoms with van der Waals surface area (Å²) < 4.78 is 5.72. The molecule has 0 radical (unpaired) electrons. The summed E-state index contributed by atoms with van der Waals surface area (Å²) in [5.41, 5.74) is 1.97. The van der Waals surface area contributed by atoms with Crippen LogP contribution < -0.4 is 15.5 Å². The number of benzene rings is 1. The second-order valence-electron chi connectivity index (χ2n) is 7.92. The summed E-state index contributed by atoms with van der Waals surface area (Å²) in [6.07, 6.45) is 4.74. The molecule has 0 saturated carbocycles. The molecule has 2 aromatic rings. The Hall–Kier alpha value is -2.42. The smallest absolute Gasteiger partial charge is 0.229 e. The number of aromatic nitrogens is 2. The number of anilines is 3. The van der Waals surface area contributed by atoms with Gasteiger partial charge in [0.25, 0.3) is 0 Å². The molecule has 1 amide bonds. The number of carbonyl (C=O) groups is 1. The van der Waals surface area contributed by atoms with Crippen LogP contribution in [-0.2, 0) is 16.0 Å². The molecule has 1 aliphatic heterocycles. The molecule has 8 nitrogen and oxygen atoms in total. The molecule has 1 aromatic carbocycles. The van der Waals surface area contributed by atoms with Gasteiger partial charge in [-0.3, -0.25) is 4.79 Å². The van der Waals surface area contributed by atoms with Crippen molar-refractivity contribution in [1.29, 1.82) is 0 Å². The van der Waals surface area contributed by atoms with Gasteiger partial charge < -0.3 is 25.2 Å². The van der Waals surface area contributed by atoms with Crippen LogP contribution in [0.2, 0.25) is 5.02 Å². The highest BCUT2D eigenvalue weighted by Crippen LogP contribution is 2.28. The van der Waals surface area contributed by atoms with E-state index < -0.39 is 0 Å². The Labute approximate surface area is 188 Å². The fourth-order valence-electron chi connectivity index (χ4n) is 3.32. The number of nitrogens with one attached hydrogen (secondary N) is 2. The minimum atomic E-state index is -0.0142. The molecule has 0 spiro atoms. The molecule has 168 valence electrons. The summed E-state index contributed by atoms with van der Waals surface area (Å²) in [7, 11) is 5.90. The van der Waals surface area contributed by atoms with Crippen molar-refractivity contribution in [2.45, 2.75) is 31.9 Å². The van der Waals surface area contributed by atoms with E-state index in [1.54, 1.807) is 6.20 Å². The van der Waals surface area contributed by atoms with Gasteiger partial charge in [-0.25, -0.2) is 4.98 Å². The van der Waals surface area contributed by atoms with E-state index >= 15 is 0 Å². The molecule has 2 heterocycles. The van der Waals surface area contributed by atoms with Crippen molar-refractivity contribution in [3.05, 3.63) is 41.0 Å². The largest absolute Gasteiger partial charge is 0.358 e. The Morgan fingerprint density at radius 1 is 1.26 bits per heavy atom. The lowest BCUT2D eigenvalue weighted by atomic mass is 10.1. The first-order valence-electron chi connectivity index (χ1n) is 10.6. The Morgan fingerprint density at radius 3 is 2.71 bits per heavy atom. The fraction of sp³-hybridized carbons (Fsp3) is 0.500. The Bertz CT molecular complexity index is 856. The third-order valence-corrected chi connectivity index (χ3v) is 5.40. The van der Waals surface area contributed by atoms with Gasteiger partial charge in [-0.1, -0.05) is 23.7 Å². The average molecular weight is 447 g/mol. The average Bonchev–Trinajstić information content (AvgIpc) is 3.29. The first-order chi connectivity index (χ1) is 14.9. The van der Waals surface area contributed by atoms with Gasteiger partial charge in [0.05, 0.1) is 6.20 Å². The van der Waals surface area contributed by atoms with Crippen LogP contribution in [0.15, 0.2) is 30.5 Å². The lowest BCUT2D eigenvalue weighted by Crippen LogP contribution is -2.31. The second-order valence-corrected chi connectivity index (χ2v) is 8.33. The Morgan fingerprint density at radius 2 is 2.03 bits per heavy atom. The molecule has 1 saturated heterocycles. The first kappa shape index (κ1) is 23.2. The quantitative estimate of drug-likeness (QED) is 0.580. The minimum absolute atomic E-state index is 0.0142. The number of rotatable bonds is 10. The number of ether oxygens (including phenoxy) is 1. The number of hydrogen-bond donors (Lipinski definition) is 2. The molecular weight excluding hydrogens is 416 g/mol. The van der Waals surface area contributed by atoms with E-state index in [1.807, 2.05) is 55.2 Å². The van der Waals surface area contributed by atoms with Gasteiger partial charge in [-0.2, -0.15) is 4.98 Å². The molecule has 31 heavy (non-hydrogen) atoms. The van der Waals surface area contributed by atoms with Crippen molar-refractivity contribution < 1.29 is 9.53 Å². The zero-order chi connectivity index (χ0) is 22.2. The standard InChI is InChI=1S/C22H31ClN6O2/c1-28(2)13-12-24-19(30)11-8-16-6-9-17(10-7-16)26-22-25-15-18(23)21(27-22)29(3)20-5-4-14-31-20/h6-7,9-10,15,20H,4-5,8,11-14H2,1-3H3,(H,24,30)(H,25,26,27). The molecule has 0 aliphatic carbocycles. The van der Waals surface area contributed by atoms with Gasteiger partial charge in [0.15, 0.2) is 5.82 Å². The molecule has 0 bridgehead atoms. The highest BCUT2D eigenvalue weighted by molar-refractivity contribution is 6.32. The lowest BCUT2D eigenvalue weighted by Gasteiger charge is -2.25. The zero-order valence-electron chi connectivity index (χ0n) is 18.4. The van der Waals surface area contributed by atoms with Crippen molar-refractivity contribution in [1.82, 2.24) is 20.2 Å². The third kappa shape index (κ3) is 7.05. The van der Waals surface area contributed by atoms with Crippen LogP contribution in [0.1, 0.15) is 24.8 Å². The molecule has 2 N–H and O–H groups in total. The highest BCUT2D eigenvalue weighted by atomic mass is 35.5. The molecule has 1 aliphatic rings. The third-order valence-electron chi connectivity index (χ3n) is 5.13. The predicted molar refractivity (Wildman–Crippen MR) is 124 cm³/mol. The summed E-state index contributed by atoms with van der Waals surface area (Å²) in [5, 5.41) is 6.64. The van der Waals surface area contributed by atoms with Gasteiger partial charge in [-0.15, -0.1) is 0 Å². The minimum Gasteiger partial charge on any atom is -0.358 e. The number of carbonyl (C=O) groups excluding carboxylic acids is 1. The number of likely N-dealkylation sites (N-methyl/N-ethyl adjacent to an activating group) is 1. The van der Waals surface area contributed by atoms with Crippen LogP contribution in [0.3, 0.4) is 0 Å². The topological polar surface area (TPSA) is 82.6 Å². The SMILES string of the molecule is CN(C)CCNC(=O)CCc1ccc(Nc2ncc(Cl)c(N(C)C3CCCO3)n2)cc1. The summed E-state index contributed by atoms with van der Waals surface area (Å²) >= 11 is 6.32. The van der Waals surface area contributed by atoms with Gasteiger partial charge >= 0.3 is 0 Å². The van der Waals surface area contributed by atoms with Gasteiger partial charge in [-0.05, 0) is 51.1 Å². The summed E-state index contributed by atoms with van der Waals surface area (Å²) in [4.78, 5) is 24.8. The first-order valence-corrected chi connectivity index (χ1v) is 10.9. The number of halogens is 1. The van der Waals surface area contributed by atoms with E-state index in [4.69, 9.17) is 16.3 Å². The normalized spacial score (nSPS) is 15.8. The highest BCUT2D eigenvalue weighted by Gasteiger charge is 2.23. The van der Waals surface area contributed by atoms with Crippen molar-refractivity contribution in [3.8, 4) is 0 Å². The number of amides is 1. The maximum atomic E-state index is 11.9. The van der Waals surface area contributed by atoms with E-state index in [2.05, 4.69) is 20.6 Å². The summed E-state index contributed by atoms with van der Waals surface area (Å²) in [6.45, 7) is 2.26. The van der Waals surface area contributed by atoms with E-state index in [0.29, 0.717) is 36.2 Å². The van der Waals surface area contributed by atoms with Crippen molar-refractivity contribution in [2.75, 3.05) is 51.1 Å². The monoisotopic (exact) mass is 446 g/mol. The van der Waals surface area contributed by atoms with Crippen LogP contribution >= 0.6 is 11.6 Å². The van der Waals surface area contributed by atoms with Crippen molar-refractivity contribution in [3.63, 3.8) is 0 Å². The number of aryl methyl sites for hydroxylation is 1. The summed E-state index contributed by atoms with van der Waals surface area (Å²) in [6, 6.07) is 7.93. The zero-order valence-corrected chi connectivity index (χ0v) is 19.2. The van der Waals surface area contributed by atoms with Gasteiger partial charge in [0, 0.05) is 38.9 Å². The molecule has 1 atom stereocenters. The van der Waals surface area contributed by atoms with Crippen LogP contribution in [0.25, 0.3) is 0 Å². The maximum Gasteiger partial charge on any atom is 0.229 e. The van der Waals surface area contributed by atoms with Gasteiger partial charge in [0.2, 0.25) is 11.9 Å². The molecule has 1 unspecified atom stereocenters. The van der Waals surface area contributed by atoms with Crippen molar-refractivity contribution >= 4 is 35.0 Å². The second kappa shape index (κ2) is 11.3. The van der Waals surface area contributed by atoms with Crippen molar-refractivity contribution in [2.24, 2.45) is 0 Å². The molecule has 9 heteroatoms. The maximum absolute atomic E-state index is 11.9. The molecule has 3 rings (SSSR count). The Kier molecular flexibility index (Phi) is 8.45. The fourth-order valence-corrected chi connectivity index (χ4v) is 3.54. The van der Waals surface area contributed by atoms with E-state index in [-0.39, 0.29) is 12.1 Å². The lowest BCUT2D eigenvalue weighted by molar-refractivity contribution is -0.121. The van der Waals surface area contributed by atoms with Crippen LogP contribution in [-0.4, -0.2) is 67.8 Å². The summed E-state index contributed by atoms with van der Waals surface area (Å²) in [5.74, 6) is 1.18. The Balaban J connectivity index is 1.53. The molecule has 1 fully saturated rings. The van der Waals surface area contributed by atoms with E-state index in [9.17, 15) is 4.79 Å². The number of hydrogen-bond acceptors (Lipinski definition) is 7. The van der Waals surface area contributed by atoms with Crippen LogP contribution in [0.4, 0.5) is 17.5 Å². The predicted octanol–water partition coefficient (Wildman–Crippen LogP) is 3.06. The van der Waals surface area contributed by atoms with Crippen LogP contribution in [0.5, 0.6) is 0 Å². The number of nitrogens with zero attached hydrogens (tertiary/aromatic N) is 4. The molecular formula is C22H31ClN6O2. The van der Waals surface area contributed by atoms with Crippen LogP contribution in [0, 0.1) is 0 Å². The van der Waals surface area contributed by atoms with Gasteiger partial charge in [0.1, 0.15) is 11.3 Å². The molecule has 1 aromatic heterocycles.